The van der Waals surface area contributed by atoms with Crippen molar-refractivity contribution in [3.8, 4) is 5.75 Å². The van der Waals surface area contributed by atoms with Crippen molar-refractivity contribution >= 4 is 29.7 Å². The fraction of sp³-hybridized carbons (Fsp3) is 0.414. The molecule has 0 aliphatic rings. The van der Waals surface area contributed by atoms with Gasteiger partial charge in [0.05, 0.1) is 6.04 Å². The number of hydrogen-bond donors (Lipinski definition) is 8. The largest absolute Gasteiger partial charge is 0.508 e. The molecule has 0 aliphatic carbocycles. The maximum absolute atomic E-state index is 13.5. The van der Waals surface area contributed by atoms with Crippen LogP contribution >= 0.6 is 0 Å². The van der Waals surface area contributed by atoms with Gasteiger partial charge < -0.3 is 43.4 Å². The minimum absolute atomic E-state index is 0.0717. The molecule has 0 radical (unpaired) electrons. The number of hydrogen-bond acceptors (Lipinski definition) is 7. The molecule has 4 atom stereocenters. The average Bonchev–Trinajstić information content (AvgIpc) is 2.93. The van der Waals surface area contributed by atoms with Crippen LogP contribution in [0, 0.1) is 5.92 Å². The second kappa shape index (κ2) is 16.6. The summed E-state index contributed by atoms with van der Waals surface area (Å²) in [6.07, 6.45) is 0.674. The van der Waals surface area contributed by atoms with Gasteiger partial charge in [-0.3, -0.25) is 19.4 Å². The van der Waals surface area contributed by atoms with Gasteiger partial charge in [-0.25, -0.2) is 4.79 Å². The van der Waals surface area contributed by atoms with E-state index in [1.165, 1.54) is 12.1 Å². The van der Waals surface area contributed by atoms with Gasteiger partial charge in [-0.1, -0.05) is 56.3 Å². The number of amides is 3. The van der Waals surface area contributed by atoms with E-state index in [0.717, 1.165) is 11.1 Å². The molecule has 0 bridgehead atoms. The van der Waals surface area contributed by atoms with Crippen molar-refractivity contribution in [2.24, 2.45) is 28.1 Å². The van der Waals surface area contributed by atoms with Gasteiger partial charge in [0, 0.05) is 13.0 Å². The minimum atomic E-state index is -1.24. The van der Waals surface area contributed by atoms with Crippen molar-refractivity contribution in [1.29, 1.82) is 0 Å². The highest BCUT2D eigenvalue weighted by atomic mass is 16.4. The summed E-state index contributed by atoms with van der Waals surface area (Å²) in [5.41, 5.74) is 18.2. The molecule has 2 aromatic carbocycles. The quantitative estimate of drug-likeness (QED) is 0.0738. The molecule has 4 unspecified atom stereocenters. The number of carbonyl (C=O) groups excluding carboxylic acids is 3. The summed E-state index contributed by atoms with van der Waals surface area (Å²) < 4.78 is 0. The summed E-state index contributed by atoms with van der Waals surface area (Å²) in [6, 6.07) is 10.9. The van der Waals surface area contributed by atoms with Gasteiger partial charge in [-0.05, 0) is 48.4 Å². The van der Waals surface area contributed by atoms with Crippen molar-refractivity contribution in [3.05, 3.63) is 65.7 Å². The predicted molar refractivity (Wildman–Crippen MR) is 158 cm³/mol. The summed E-state index contributed by atoms with van der Waals surface area (Å²) in [6.45, 7) is 3.61. The molecular formula is C29H41N7O6. The van der Waals surface area contributed by atoms with E-state index in [1.54, 1.807) is 50.2 Å². The van der Waals surface area contributed by atoms with Crippen LogP contribution < -0.4 is 33.2 Å². The Balaban J connectivity index is 2.15. The molecule has 0 aliphatic heterocycles. The first-order valence-electron chi connectivity index (χ1n) is 13.6. The van der Waals surface area contributed by atoms with E-state index in [0.29, 0.717) is 6.42 Å². The molecule has 2 rings (SSSR count). The lowest BCUT2D eigenvalue weighted by atomic mass is 9.99. The number of aliphatic imine (C=N–C) groups is 1. The van der Waals surface area contributed by atoms with E-state index in [9.17, 15) is 29.4 Å². The SMILES string of the molecule is CC(C)C(NC(=O)C(Cc1ccccc1)NC(=O)C(N)Cc1ccc(O)cc1)C(=O)NC(CCCN=C(N)N)C(=O)O. The number of phenolic OH excluding ortho intramolecular Hbond substituents is 1. The van der Waals surface area contributed by atoms with Crippen LogP contribution in [0.1, 0.15) is 37.8 Å². The molecule has 0 fully saturated rings. The Labute approximate surface area is 244 Å². The summed E-state index contributed by atoms with van der Waals surface area (Å²) >= 11 is 0. The van der Waals surface area contributed by atoms with Crippen molar-refractivity contribution < 1.29 is 29.4 Å². The Morgan fingerprint density at radius 1 is 0.810 bits per heavy atom. The summed E-state index contributed by atoms with van der Waals surface area (Å²) in [4.78, 5) is 55.2. The normalized spacial score (nSPS) is 13.7. The maximum Gasteiger partial charge on any atom is 0.326 e. The number of aromatic hydroxyl groups is 1. The lowest BCUT2D eigenvalue weighted by molar-refractivity contribution is -0.142. The first-order valence-corrected chi connectivity index (χ1v) is 13.6. The molecular weight excluding hydrogens is 542 g/mol. The summed E-state index contributed by atoms with van der Waals surface area (Å²) in [5.74, 6) is -3.56. The van der Waals surface area contributed by atoms with E-state index in [1.807, 2.05) is 6.07 Å². The Hall–Kier alpha value is -4.65. The molecule has 0 aromatic heterocycles. The first kappa shape index (κ1) is 33.6. The molecule has 0 heterocycles. The van der Waals surface area contributed by atoms with Crippen LogP contribution in [0.3, 0.4) is 0 Å². The number of nitrogens with zero attached hydrogens (tertiary/aromatic N) is 1. The van der Waals surface area contributed by atoms with Crippen LogP contribution in [-0.4, -0.2) is 70.6 Å². The van der Waals surface area contributed by atoms with Crippen LogP contribution in [-0.2, 0) is 32.0 Å². The Bertz CT molecular complexity index is 1220. The number of carboxylic acid groups (broad SMARTS) is 1. The lowest BCUT2D eigenvalue weighted by Crippen LogP contribution is -2.59. The predicted octanol–water partition coefficient (Wildman–Crippen LogP) is -0.247. The number of phenols is 1. The number of nitrogens with one attached hydrogen (secondary N) is 3. The van der Waals surface area contributed by atoms with Gasteiger partial charge >= 0.3 is 5.97 Å². The molecule has 42 heavy (non-hydrogen) atoms. The molecule has 13 heteroatoms. The molecule has 0 saturated heterocycles. The zero-order valence-electron chi connectivity index (χ0n) is 23.8. The van der Waals surface area contributed by atoms with Crippen molar-refractivity contribution in [1.82, 2.24) is 16.0 Å². The molecule has 0 saturated carbocycles. The Kier molecular flexibility index (Phi) is 13.2. The van der Waals surface area contributed by atoms with Crippen molar-refractivity contribution in [2.75, 3.05) is 6.54 Å². The Morgan fingerprint density at radius 2 is 1.40 bits per heavy atom. The fourth-order valence-corrected chi connectivity index (χ4v) is 4.13. The van der Waals surface area contributed by atoms with Crippen molar-refractivity contribution in [2.45, 2.75) is 63.7 Å². The van der Waals surface area contributed by atoms with Gasteiger partial charge in [0.2, 0.25) is 17.7 Å². The minimum Gasteiger partial charge on any atom is -0.508 e. The number of aliphatic carboxylic acids is 1. The second-order valence-electron chi connectivity index (χ2n) is 10.3. The zero-order valence-corrected chi connectivity index (χ0v) is 23.8. The third-order valence-corrected chi connectivity index (χ3v) is 6.45. The highest BCUT2D eigenvalue weighted by Gasteiger charge is 2.32. The van der Waals surface area contributed by atoms with Crippen LogP contribution in [0.2, 0.25) is 0 Å². The smallest absolute Gasteiger partial charge is 0.326 e. The third kappa shape index (κ3) is 11.5. The van der Waals surface area contributed by atoms with E-state index in [-0.39, 0.29) is 37.5 Å². The third-order valence-electron chi connectivity index (χ3n) is 6.45. The summed E-state index contributed by atoms with van der Waals surface area (Å²) in [7, 11) is 0. The van der Waals surface area contributed by atoms with Crippen LogP contribution in [0.5, 0.6) is 5.75 Å². The van der Waals surface area contributed by atoms with Gasteiger partial charge in [-0.15, -0.1) is 0 Å². The van der Waals surface area contributed by atoms with Gasteiger partial charge in [0.25, 0.3) is 0 Å². The molecule has 11 N–H and O–H groups in total. The van der Waals surface area contributed by atoms with Crippen LogP contribution in [0.15, 0.2) is 59.6 Å². The standard InChI is InChI=1S/C29H41N7O6/c1-17(2)24(27(40)34-22(28(41)42)9-6-14-33-29(31)32)36-26(39)23(16-18-7-4-3-5-8-18)35-25(38)21(30)15-19-10-12-20(37)13-11-19/h3-5,7-8,10-13,17,21-24,37H,6,9,14-16,30H2,1-2H3,(H,34,40)(H,35,38)(H,36,39)(H,41,42)(H4,31,32,33). The molecule has 2 aromatic rings. The molecule has 13 nitrogen and oxygen atoms in total. The number of guanidine groups is 1. The lowest BCUT2D eigenvalue weighted by Gasteiger charge is -2.27. The highest BCUT2D eigenvalue weighted by molar-refractivity contribution is 5.94. The van der Waals surface area contributed by atoms with Gasteiger partial charge in [-0.2, -0.15) is 0 Å². The first-order chi connectivity index (χ1) is 19.9. The van der Waals surface area contributed by atoms with Gasteiger partial charge in [0.1, 0.15) is 23.9 Å². The van der Waals surface area contributed by atoms with E-state index in [4.69, 9.17) is 17.2 Å². The number of nitrogens with two attached hydrogens (primary N) is 3. The summed E-state index contributed by atoms with van der Waals surface area (Å²) in [5, 5.41) is 26.9. The van der Waals surface area contributed by atoms with Gasteiger partial charge in [0.15, 0.2) is 5.96 Å². The molecule has 0 spiro atoms. The second-order valence-corrected chi connectivity index (χ2v) is 10.3. The zero-order chi connectivity index (χ0) is 31.2. The average molecular weight is 584 g/mol. The number of benzene rings is 2. The van der Waals surface area contributed by atoms with E-state index < -0.39 is 53.8 Å². The Morgan fingerprint density at radius 3 is 1.98 bits per heavy atom. The maximum atomic E-state index is 13.5. The number of carboxylic acids is 1. The highest BCUT2D eigenvalue weighted by Crippen LogP contribution is 2.12. The van der Waals surface area contributed by atoms with E-state index >= 15 is 0 Å². The molecule has 228 valence electrons. The topological polar surface area (TPSA) is 235 Å². The monoisotopic (exact) mass is 583 g/mol. The fourth-order valence-electron chi connectivity index (χ4n) is 4.13. The van der Waals surface area contributed by atoms with Crippen LogP contribution in [0.25, 0.3) is 0 Å². The number of carbonyl (C=O) groups is 4. The number of rotatable bonds is 16. The van der Waals surface area contributed by atoms with E-state index in [2.05, 4.69) is 20.9 Å². The van der Waals surface area contributed by atoms with Crippen molar-refractivity contribution in [3.63, 3.8) is 0 Å². The molecule has 3 amide bonds. The van der Waals surface area contributed by atoms with Crippen LogP contribution in [0.4, 0.5) is 0 Å².